The van der Waals surface area contributed by atoms with Gasteiger partial charge in [-0.2, -0.15) is 5.10 Å². The first-order valence-electron chi connectivity index (χ1n) is 7.11. The van der Waals surface area contributed by atoms with Gasteiger partial charge in [0, 0.05) is 20.6 Å². The lowest BCUT2D eigenvalue weighted by Crippen LogP contribution is -2.32. The van der Waals surface area contributed by atoms with E-state index in [1.807, 2.05) is 14.0 Å². The van der Waals surface area contributed by atoms with Crippen LogP contribution in [0.25, 0.3) is 0 Å². The minimum absolute atomic E-state index is 0.0147. The van der Waals surface area contributed by atoms with Crippen LogP contribution in [-0.4, -0.2) is 34.2 Å². The van der Waals surface area contributed by atoms with Gasteiger partial charge in [0.1, 0.15) is 5.69 Å². The molecule has 1 amide bonds. The fourth-order valence-corrected chi connectivity index (χ4v) is 2.95. The summed E-state index contributed by atoms with van der Waals surface area (Å²) in [4.78, 5) is 14.3. The second kappa shape index (κ2) is 5.63. The van der Waals surface area contributed by atoms with Gasteiger partial charge in [-0.1, -0.05) is 19.8 Å². The lowest BCUT2D eigenvalue weighted by molar-refractivity contribution is 0.0763. The minimum atomic E-state index is -0.0147. The van der Waals surface area contributed by atoms with Crippen LogP contribution in [0.2, 0.25) is 0 Å². The lowest BCUT2D eigenvalue weighted by Gasteiger charge is -2.21. The Bertz CT molecular complexity index is 460. The number of carbonyl (C=O) groups is 1. The summed E-state index contributed by atoms with van der Waals surface area (Å²) in [5, 5.41) is 4.31. The number of nitrogens with zero attached hydrogens (tertiary/aromatic N) is 3. The van der Waals surface area contributed by atoms with E-state index in [0.717, 1.165) is 18.7 Å². The van der Waals surface area contributed by atoms with Crippen LogP contribution >= 0.6 is 0 Å². The molecule has 1 aromatic rings. The fourth-order valence-electron chi connectivity index (χ4n) is 2.95. The van der Waals surface area contributed by atoms with Gasteiger partial charge < -0.3 is 10.6 Å². The van der Waals surface area contributed by atoms with Crippen LogP contribution in [0.15, 0.2) is 0 Å². The van der Waals surface area contributed by atoms with Crippen molar-refractivity contribution in [1.82, 2.24) is 14.7 Å². The van der Waals surface area contributed by atoms with Crippen molar-refractivity contribution in [3.05, 3.63) is 11.4 Å². The Labute approximate surface area is 114 Å². The van der Waals surface area contributed by atoms with E-state index in [-0.39, 0.29) is 5.91 Å². The third kappa shape index (κ3) is 2.74. The molecule has 0 radical (unpaired) electrons. The Balaban J connectivity index is 2.12. The summed E-state index contributed by atoms with van der Waals surface area (Å²) in [5.41, 5.74) is 7.90. The molecule has 0 spiro atoms. The van der Waals surface area contributed by atoms with E-state index >= 15 is 0 Å². The standard InChI is InChI=1S/C14H24N4O/c1-4-11-12(15)13(18(3)16-11)14(19)17(2)9-10-7-5-6-8-10/h10H,4-9,15H2,1-3H3. The second-order valence-corrected chi connectivity index (χ2v) is 5.52. The predicted octanol–water partition coefficient (Wildman–Crippen LogP) is 1.83. The number of nitrogens with two attached hydrogens (primary N) is 1. The van der Waals surface area contributed by atoms with E-state index < -0.39 is 0 Å². The largest absolute Gasteiger partial charge is 0.395 e. The smallest absolute Gasteiger partial charge is 0.274 e. The van der Waals surface area contributed by atoms with Gasteiger partial charge in [0.2, 0.25) is 0 Å². The molecule has 1 heterocycles. The van der Waals surface area contributed by atoms with Crippen molar-refractivity contribution in [2.45, 2.75) is 39.0 Å². The molecular formula is C14H24N4O. The normalized spacial score (nSPS) is 15.9. The number of amides is 1. The first-order valence-corrected chi connectivity index (χ1v) is 7.11. The number of anilines is 1. The monoisotopic (exact) mass is 264 g/mol. The minimum Gasteiger partial charge on any atom is -0.395 e. The van der Waals surface area contributed by atoms with Crippen molar-refractivity contribution in [1.29, 1.82) is 0 Å². The summed E-state index contributed by atoms with van der Waals surface area (Å²) < 4.78 is 1.61. The first kappa shape index (κ1) is 13.9. The Morgan fingerprint density at radius 1 is 1.47 bits per heavy atom. The maximum absolute atomic E-state index is 12.5. The van der Waals surface area contributed by atoms with Crippen LogP contribution in [0, 0.1) is 5.92 Å². The average molecular weight is 264 g/mol. The van der Waals surface area contributed by atoms with Gasteiger partial charge in [-0.15, -0.1) is 0 Å². The third-order valence-electron chi connectivity index (χ3n) is 4.05. The van der Waals surface area contributed by atoms with Crippen molar-refractivity contribution in [2.24, 2.45) is 13.0 Å². The molecule has 0 unspecified atom stereocenters. The number of carbonyl (C=O) groups excluding carboxylic acids is 1. The van der Waals surface area contributed by atoms with Crippen molar-refractivity contribution in [2.75, 3.05) is 19.3 Å². The Kier molecular flexibility index (Phi) is 4.12. The molecule has 0 atom stereocenters. The number of hydrogen-bond donors (Lipinski definition) is 1. The highest BCUT2D eigenvalue weighted by Gasteiger charge is 2.25. The number of rotatable bonds is 4. The molecule has 0 saturated heterocycles. The van der Waals surface area contributed by atoms with Crippen molar-refractivity contribution in [3.8, 4) is 0 Å². The summed E-state index contributed by atoms with van der Waals surface area (Å²) >= 11 is 0. The summed E-state index contributed by atoms with van der Waals surface area (Å²) in [6, 6.07) is 0. The van der Waals surface area contributed by atoms with Gasteiger partial charge in [0.25, 0.3) is 5.91 Å². The first-order chi connectivity index (χ1) is 9.04. The molecule has 0 aromatic carbocycles. The Morgan fingerprint density at radius 2 is 2.11 bits per heavy atom. The number of hydrogen-bond acceptors (Lipinski definition) is 3. The van der Waals surface area contributed by atoms with Crippen molar-refractivity contribution < 1.29 is 4.79 Å². The topological polar surface area (TPSA) is 64.2 Å². The predicted molar refractivity (Wildman–Crippen MR) is 75.9 cm³/mol. The van der Waals surface area contributed by atoms with E-state index in [4.69, 9.17) is 5.73 Å². The van der Waals surface area contributed by atoms with E-state index in [2.05, 4.69) is 5.10 Å². The van der Waals surface area contributed by atoms with E-state index in [9.17, 15) is 4.79 Å². The van der Waals surface area contributed by atoms with Crippen LogP contribution in [0.1, 0.15) is 48.8 Å². The van der Waals surface area contributed by atoms with Gasteiger partial charge in [-0.25, -0.2) is 0 Å². The molecule has 5 nitrogen and oxygen atoms in total. The zero-order chi connectivity index (χ0) is 14.0. The molecule has 1 fully saturated rings. The van der Waals surface area contributed by atoms with E-state index in [1.165, 1.54) is 25.7 Å². The fraction of sp³-hybridized carbons (Fsp3) is 0.714. The van der Waals surface area contributed by atoms with Crippen molar-refractivity contribution in [3.63, 3.8) is 0 Å². The highest BCUT2D eigenvalue weighted by Crippen LogP contribution is 2.26. The van der Waals surface area contributed by atoms with Crippen molar-refractivity contribution >= 4 is 11.6 Å². The van der Waals surface area contributed by atoms with Gasteiger partial charge in [0.05, 0.1) is 11.4 Å². The summed E-state index contributed by atoms with van der Waals surface area (Å²) in [6.07, 6.45) is 5.80. The summed E-state index contributed by atoms with van der Waals surface area (Å²) in [7, 11) is 3.64. The molecule has 5 heteroatoms. The molecule has 2 rings (SSSR count). The van der Waals surface area contributed by atoms with Gasteiger partial charge >= 0.3 is 0 Å². The molecule has 1 aliphatic carbocycles. The maximum atomic E-state index is 12.5. The highest BCUT2D eigenvalue weighted by molar-refractivity contribution is 5.97. The molecule has 0 bridgehead atoms. The Hall–Kier alpha value is -1.52. The molecule has 1 aliphatic rings. The van der Waals surface area contributed by atoms with E-state index in [1.54, 1.807) is 16.6 Å². The number of aromatic nitrogens is 2. The second-order valence-electron chi connectivity index (χ2n) is 5.52. The Morgan fingerprint density at radius 3 is 2.63 bits per heavy atom. The zero-order valence-corrected chi connectivity index (χ0v) is 12.1. The van der Waals surface area contributed by atoms with Gasteiger partial charge in [-0.3, -0.25) is 9.48 Å². The van der Waals surface area contributed by atoms with Gasteiger partial charge in [0.15, 0.2) is 0 Å². The highest BCUT2D eigenvalue weighted by atomic mass is 16.2. The van der Waals surface area contributed by atoms with Crippen LogP contribution in [0.5, 0.6) is 0 Å². The SMILES string of the molecule is CCc1nn(C)c(C(=O)N(C)CC2CCCC2)c1N. The maximum Gasteiger partial charge on any atom is 0.274 e. The molecule has 1 saturated carbocycles. The van der Waals surface area contributed by atoms with Crippen LogP contribution in [-0.2, 0) is 13.5 Å². The molecule has 0 aliphatic heterocycles. The summed E-state index contributed by atoms with van der Waals surface area (Å²) in [5.74, 6) is 0.633. The molecular weight excluding hydrogens is 240 g/mol. The molecule has 2 N–H and O–H groups in total. The van der Waals surface area contributed by atoms with E-state index in [0.29, 0.717) is 17.3 Å². The van der Waals surface area contributed by atoms with Gasteiger partial charge in [-0.05, 0) is 25.2 Å². The van der Waals surface area contributed by atoms with Crippen LogP contribution in [0.4, 0.5) is 5.69 Å². The molecule has 19 heavy (non-hydrogen) atoms. The molecule has 106 valence electrons. The van der Waals surface area contributed by atoms with Crippen LogP contribution in [0.3, 0.4) is 0 Å². The number of aryl methyl sites for hydroxylation is 2. The average Bonchev–Trinajstić information content (AvgIpc) is 2.97. The zero-order valence-electron chi connectivity index (χ0n) is 12.1. The third-order valence-corrected chi connectivity index (χ3v) is 4.05. The number of nitrogen functional groups attached to an aromatic ring is 1. The lowest BCUT2D eigenvalue weighted by atomic mass is 10.1. The quantitative estimate of drug-likeness (QED) is 0.902. The summed E-state index contributed by atoms with van der Waals surface area (Å²) in [6.45, 7) is 2.82. The van der Waals surface area contributed by atoms with Crippen LogP contribution < -0.4 is 5.73 Å². The molecule has 1 aromatic heterocycles.